The zero-order chi connectivity index (χ0) is 21.1. The minimum absolute atomic E-state index is 0.0266. The van der Waals surface area contributed by atoms with Crippen LogP contribution in [0.4, 0.5) is 5.69 Å². The maximum Gasteiger partial charge on any atom is 0.193 e. The zero-order valence-electron chi connectivity index (χ0n) is 18.0. The monoisotopic (exact) mass is 430 g/mol. The van der Waals surface area contributed by atoms with Gasteiger partial charge in [-0.3, -0.25) is 9.67 Å². The number of aryl methyl sites for hydroxylation is 2. The maximum atomic E-state index is 6.22. The Kier molecular flexibility index (Phi) is 6.49. The van der Waals surface area contributed by atoms with E-state index in [0.29, 0.717) is 12.5 Å². The summed E-state index contributed by atoms with van der Waals surface area (Å²) in [4.78, 5) is 9.27. The smallest absolute Gasteiger partial charge is 0.193 e. The summed E-state index contributed by atoms with van der Waals surface area (Å²) in [5, 5.41) is 8.68. The Balaban J connectivity index is 1.32. The number of guanidine groups is 1. The quantitative estimate of drug-likeness (QED) is 0.597. The van der Waals surface area contributed by atoms with Crippen molar-refractivity contribution in [2.24, 2.45) is 18.0 Å². The van der Waals surface area contributed by atoms with E-state index in [9.17, 15) is 0 Å². The van der Waals surface area contributed by atoms with Crippen molar-refractivity contribution in [3.63, 3.8) is 0 Å². The molecule has 0 aliphatic carbocycles. The molecule has 2 saturated heterocycles. The molecule has 0 spiro atoms. The molecule has 8 heteroatoms. The summed E-state index contributed by atoms with van der Waals surface area (Å²) < 4.78 is 7.79. The van der Waals surface area contributed by atoms with Gasteiger partial charge in [-0.2, -0.15) is 5.10 Å². The lowest BCUT2D eigenvalue weighted by molar-refractivity contribution is -0.00806. The van der Waals surface area contributed by atoms with Gasteiger partial charge in [-0.05, 0) is 37.0 Å². The van der Waals surface area contributed by atoms with Gasteiger partial charge in [0.05, 0.1) is 19.3 Å². The highest BCUT2D eigenvalue weighted by Crippen LogP contribution is 2.29. The SMILES string of the molecule is CN=C(NCC1CCN(c2cc(Cl)ccc2C)C1)N1CCOC(c2cnn(C)c2)C1. The lowest BCUT2D eigenvalue weighted by Gasteiger charge is -2.35. The third-order valence-corrected chi connectivity index (χ3v) is 6.26. The molecule has 7 nitrogen and oxygen atoms in total. The molecule has 0 bridgehead atoms. The Morgan fingerprint density at radius 2 is 2.20 bits per heavy atom. The predicted octanol–water partition coefficient (Wildman–Crippen LogP) is 2.86. The molecule has 2 unspecified atom stereocenters. The first-order chi connectivity index (χ1) is 14.5. The Morgan fingerprint density at radius 3 is 2.97 bits per heavy atom. The zero-order valence-corrected chi connectivity index (χ0v) is 18.8. The number of rotatable bonds is 4. The lowest BCUT2D eigenvalue weighted by Crippen LogP contribution is -2.49. The molecule has 4 rings (SSSR count). The van der Waals surface area contributed by atoms with Crippen molar-refractivity contribution < 1.29 is 4.74 Å². The van der Waals surface area contributed by atoms with Gasteiger partial charge in [0.25, 0.3) is 0 Å². The highest BCUT2D eigenvalue weighted by molar-refractivity contribution is 6.30. The summed E-state index contributed by atoms with van der Waals surface area (Å²) in [5.41, 5.74) is 3.64. The average Bonchev–Trinajstić information content (AvgIpc) is 3.40. The van der Waals surface area contributed by atoms with Crippen LogP contribution in [-0.4, -0.2) is 67.0 Å². The summed E-state index contributed by atoms with van der Waals surface area (Å²) in [6, 6.07) is 6.14. The van der Waals surface area contributed by atoms with E-state index in [1.54, 1.807) is 0 Å². The largest absolute Gasteiger partial charge is 0.371 e. The number of hydrogen-bond donors (Lipinski definition) is 1. The van der Waals surface area contributed by atoms with Crippen LogP contribution in [0.5, 0.6) is 0 Å². The summed E-state index contributed by atoms with van der Waals surface area (Å²) in [7, 11) is 3.79. The molecule has 1 N–H and O–H groups in total. The van der Waals surface area contributed by atoms with E-state index < -0.39 is 0 Å². The minimum atomic E-state index is 0.0266. The molecule has 162 valence electrons. The number of morpholine rings is 1. The average molecular weight is 431 g/mol. The van der Waals surface area contributed by atoms with E-state index in [1.165, 1.54) is 11.3 Å². The lowest BCUT2D eigenvalue weighted by atomic mass is 10.1. The summed E-state index contributed by atoms with van der Waals surface area (Å²) in [5.74, 6) is 1.53. The summed E-state index contributed by atoms with van der Waals surface area (Å²) >= 11 is 6.22. The highest BCUT2D eigenvalue weighted by atomic mass is 35.5. The molecule has 2 aliphatic rings. The fourth-order valence-electron chi connectivity index (χ4n) is 4.36. The van der Waals surface area contributed by atoms with Crippen LogP contribution < -0.4 is 10.2 Å². The molecule has 2 aromatic rings. The van der Waals surface area contributed by atoms with E-state index in [0.717, 1.165) is 55.7 Å². The molecule has 3 heterocycles. The first-order valence-electron chi connectivity index (χ1n) is 10.6. The second-order valence-corrected chi connectivity index (χ2v) is 8.65. The highest BCUT2D eigenvalue weighted by Gasteiger charge is 2.27. The van der Waals surface area contributed by atoms with Crippen LogP contribution >= 0.6 is 11.6 Å². The van der Waals surface area contributed by atoms with Crippen LogP contribution in [0.15, 0.2) is 35.6 Å². The molecular formula is C22H31ClN6O. The Hall–Kier alpha value is -2.25. The number of hydrogen-bond acceptors (Lipinski definition) is 4. The van der Waals surface area contributed by atoms with Crippen molar-refractivity contribution in [3.05, 3.63) is 46.7 Å². The van der Waals surface area contributed by atoms with Gasteiger partial charge >= 0.3 is 0 Å². The van der Waals surface area contributed by atoms with Gasteiger partial charge in [0.15, 0.2) is 5.96 Å². The van der Waals surface area contributed by atoms with Crippen LogP contribution in [0.25, 0.3) is 0 Å². The van der Waals surface area contributed by atoms with Crippen LogP contribution in [0.2, 0.25) is 5.02 Å². The molecule has 30 heavy (non-hydrogen) atoms. The Bertz CT molecular complexity index is 898. The van der Waals surface area contributed by atoms with Crippen molar-refractivity contribution in [2.45, 2.75) is 19.4 Å². The Labute approximate surface area is 183 Å². The number of nitrogens with one attached hydrogen (secondary N) is 1. The number of anilines is 1. The maximum absolute atomic E-state index is 6.22. The molecule has 0 amide bonds. The molecule has 2 atom stereocenters. The van der Waals surface area contributed by atoms with Gasteiger partial charge in [0.1, 0.15) is 6.10 Å². The minimum Gasteiger partial charge on any atom is -0.371 e. The van der Waals surface area contributed by atoms with Gasteiger partial charge in [-0.25, -0.2) is 0 Å². The third-order valence-electron chi connectivity index (χ3n) is 6.02. The summed E-state index contributed by atoms with van der Waals surface area (Å²) in [6.45, 7) is 7.47. The van der Waals surface area contributed by atoms with Gasteiger partial charge in [0, 0.05) is 62.7 Å². The van der Waals surface area contributed by atoms with Crippen molar-refractivity contribution in [2.75, 3.05) is 51.3 Å². The van der Waals surface area contributed by atoms with E-state index in [1.807, 2.05) is 37.2 Å². The Morgan fingerprint density at radius 1 is 1.33 bits per heavy atom. The normalized spacial score (nSPS) is 22.6. The molecule has 0 saturated carbocycles. The first-order valence-corrected chi connectivity index (χ1v) is 11.0. The number of benzene rings is 1. The molecule has 1 aromatic carbocycles. The number of aliphatic imine (C=N–C) groups is 1. The van der Waals surface area contributed by atoms with Gasteiger partial charge in [-0.1, -0.05) is 17.7 Å². The van der Waals surface area contributed by atoms with Gasteiger partial charge < -0.3 is 19.9 Å². The van der Waals surface area contributed by atoms with Crippen LogP contribution in [0.1, 0.15) is 23.7 Å². The van der Waals surface area contributed by atoms with E-state index in [2.05, 4.69) is 44.3 Å². The third kappa shape index (κ3) is 4.73. The van der Waals surface area contributed by atoms with Crippen LogP contribution in [0, 0.1) is 12.8 Å². The fraction of sp³-hybridized carbons (Fsp3) is 0.545. The molecule has 1 aromatic heterocycles. The molecular weight excluding hydrogens is 400 g/mol. The van der Waals surface area contributed by atoms with Crippen LogP contribution in [0.3, 0.4) is 0 Å². The number of halogens is 1. The standard InChI is InChI=1S/C22H31ClN6O/c1-16-4-5-19(23)10-20(16)28-7-6-17(13-28)11-25-22(24-2)29-8-9-30-21(15-29)18-12-26-27(3)14-18/h4-5,10,12,14,17,21H,6-9,11,13,15H2,1-3H3,(H,24,25). The van der Waals surface area contributed by atoms with Crippen molar-refractivity contribution in [1.29, 1.82) is 0 Å². The van der Waals surface area contributed by atoms with Crippen molar-refractivity contribution >= 4 is 23.2 Å². The molecule has 2 aliphatic heterocycles. The van der Waals surface area contributed by atoms with Gasteiger partial charge in [0.2, 0.25) is 0 Å². The molecule has 0 radical (unpaired) electrons. The van der Waals surface area contributed by atoms with Crippen molar-refractivity contribution in [1.82, 2.24) is 20.0 Å². The van der Waals surface area contributed by atoms with Crippen molar-refractivity contribution in [3.8, 4) is 0 Å². The van der Waals surface area contributed by atoms with Crippen LogP contribution in [-0.2, 0) is 11.8 Å². The fourth-order valence-corrected chi connectivity index (χ4v) is 4.53. The predicted molar refractivity (Wildman–Crippen MR) is 121 cm³/mol. The number of ether oxygens (including phenoxy) is 1. The number of aromatic nitrogens is 2. The second kappa shape index (κ2) is 9.27. The molecule has 2 fully saturated rings. The second-order valence-electron chi connectivity index (χ2n) is 8.21. The summed E-state index contributed by atoms with van der Waals surface area (Å²) in [6.07, 6.45) is 5.10. The van der Waals surface area contributed by atoms with Gasteiger partial charge in [-0.15, -0.1) is 0 Å². The van der Waals surface area contributed by atoms with E-state index in [4.69, 9.17) is 16.3 Å². The first kappa shape index (κ1) is 21.0. The van der Waals surface area contributed by atoms with E-state index in [-0.39, 0.29) is 6.10 Å². The number of nitrogens with zero attached hydrogens (tertiary/aromatic N) is 5. The van der Waals surface area contributed by atoms with E-state index >= 15 is 0 Å². The topological polar surface area (TPSA) is 57.9 Å².